The van der Waals surface area contributed by atoms with E-state index in [2.05, 4.69) is 10.3 Å². The van der Waals surface area contributed by atoms with Gasteiger partial charge >= 0.3 is 5.69 Å². The predicted molar refractivity (Wildman–Crippen MR) is 98.3 cm³/mol. The first-order valence-corrected chi connectivity index (χ1v) is 8.16. The van der Waals surface area contributed by atoms with Crippen molar-refractivity contribution in [3.8, 4) is 0 Å². The number of aromatic nitrogens is 4. The fraction of sp³-hybridized carbons (Fsp3) is 0.312. The van der Waals surface area contributed by atoms with Crippen LogP contribution < -0.4 is 22.3 Å². The summed E-state index contributed by atoms with van der Waals surface area (Å²) in [5.74, 6) is 0.485. The highest BCUT2D eigenvalue weighted by molar-refractivity contribution is 6.30. The van der Waals surface area contributed by atoms with Gasteiger partial charge in [-0.15, -0.1) is 0 Å². The van der Waals surface area contributed by atoms with Gasteiger partial charge in [0.25, 0.3) is 5.56 Å². The van der Waals surface area contributed by atoms with Crippen molar-refractivity contribution in [3.05, 3.63) is 55.7 Å². The number of aryl methyl sites for hydroxylation is 1. The van der Waals surface area contributed by atoms with Crippen LogP contribution in [0.2, 0.25) is 5.02 Å². The molecule has 2 aromatic heterocycles. The first-order valence-electron chi connectivity index (χ1n) is 7.78. The smallest absolute Gasteiger partial charge is 0.332 e. The van der Waals surface area contributed by atoms with Crippen LogP contribution in [0.15, 0.2) is 33.9 Å². The molecule has 0 radical (unpaired) electrons. The Morgan fingerprint density at radius 2 is 2.00 bits per heavy atom. The summed E-state index contributed by atoms with van der Waals surface area (Å²) in [6.07, 6.45) is 0. The van der Waals surface area contributed by atoms with E-state index in [-0.39, 0.29) is 0 Å². The van der Waals surface area contributed by atoms with E-state index in [1.807, 2.05) is 18.2 Å². The van der Waals surface area contributed by atoms with Gasteiger partial charge in [-0.2, -0.15) is 4.98 Å². The predicted octanol–water partition coefficient (Wildman–Crippen LogP) is 0.506. The van der Waals surface area contributed by atoms with Gasteiger partial charge in [-0.1, -0.05) is 23.7 Å². The maximum Gasteiger partial charge on any atom is 0.332 e. The van der Waals surface area contributed by atoms with Crippen molar-refractivity contribution in [1.29, 1.82) is 0 Å². The number of fused-ring (bicyclic) bond motifs is 1. The Bertz CT molecular complexity index is 1050. The second kappa shape index (κ2) is 6.73. The van der Waals surface area contributed by atoms with Crippen LogP contribution >= 0.6 is 11.6 Å². The molecule has 0 saturated heterocycles. The molecule has 0 fully saturated rings. The minimum absolute atomic E-state index is 0.328. The van der Waals surface area contributed by atoms with Gasteiger partial charge in [0.05, 0.1) is 6.54 Å². The van der Waals surface area contributed by atoms with Gasteiger partial charge in [0.2, 0.25) is 5.95 Å². The van der Waals surface area contributed by atoms with E-state index in [4.69, 9.17) is 17.3 Å². The SMILES string of the molecule is Cn1c(=O)c2c(nc(NCCN)n2Cc2cccc(Cl)c2)n(C)c1=O. The minimum atomic E-state index is -0.421. The zero-order valence-corrected chi connectivity index (χ0v) is 14.7. The minimum Gasteiger partial charge on any atom is -0.354 e. The number of hydrogen-bond donors (Lipinski definition) is 2. The van der Waals surface area contributed by atoms with Crippen molar-refractivity contribution in [1.82, 2.24) is 18.7 Å². The van der Waals surface area contributed by atoms with Crippen LogP contribution in [0.3, 0.4) is 0 Å². The van der Waals surface area contributed by atoms with Crippen LogP contribution in [0.4, 0.5) is 5.95 Å². The fourth-order valence-corrected chi connectivity index (χ4v) is 2.95. The highest BCUT2D eigenvalue weighted by atomic mass is 35.5. The molecule has 0 aliphatic heterocycles. The van der Waals surface area contributed by atoms with Crippen LogP contribution in [0.25, 0.3) is 11.2 Å². The van der Waals surface area contributed by atoms with Crippen molar-refractivity contribution in [3.63, 3.8) is 0 Å². The molecule has 8 nitrogen and oxygen atoms in total. The second-order valence-electron chi connectivity index (χ2n) is 5.74. The van der Waals surface area contributed by atoms with Gasteiger partial charge < -0.3 is 11.1 Å². The van der Waals surface area contributed by atoms with Crippen LogP contribution in [-0.2, 0) is 20.6 Å². The van der Waals surface area contributed by atoms with E-state index in [0.717, 1.165) is 10.1 Å². The number of benzene rings is 1. The van der Waals surface area contributed by atoms with Crippen LogP contribution in [0.1, 0.15) is 5.56 Å². The molecule has 0 unspecified atom stereocenters. The van der Waals surface area contributed by atoms with Gasteiger partial charge in [-0.25, -0.2) is 4.79 Å². The Labute approximate surface area is 148 Å². The number of nitrogens with two attached hydrogens (primary N) is 1. The van der Waals surface area contributed by atoms with Gasteiger partial charge in [-0.3, -0.25) is 18.5 Å². The average Bonchev–Trinajstić information content (AvgIpc) is 2.95. The van der Waals surface area contributed by atoms with Crippen molar-refractivity contribution in [2.45, 2.75) is 6.54 Å². The summed E-state index contributed by atoms with van der Waals surface area (Å²) in [5, 5.41) is 3.72. The van der Waals surface area contributed by atoms with Crippen molar-refractivity contribution >= 4 is 28.7 Å². The maximum atomic E-state index is 12.7. The molecular weight excluding hydrogens is 344 g/mol. The summed E-state index contributed by atoms with van der Waals surface area (Å²) in [4.78, 5) is 29.3. The Hall–Kier alpha value is -2.58. The summed E-state index contributed by atoms with van der Waals surface area (Å²) >= 11 is 6.06. The van der Waals surface area contributed by atoms with Crippen LogP contribution in [-0.4, -0.2) is 31.8 Å². The number of nitrogens with zero attached hydrogens (tertiary/aromatic N) is 4. The summed E-state index contributed by atoms with van der Waals surface area (Å²) in [6, 6.07) is 7.37. The lowest BCUT2D eigenvalue weighted by molar-refractivity contribution is 0.702. The number of halogens is 1. The number of hydrogen-bond acceptors (Lipinski definition) is 5. The molecule has 0 saturated carbocycles. The quantitative estimate of drug-likeness (QED) is 0.688. The summed E-state index contributed by atoms with van der Waals surface area (Å²) < 4.78 is 4.18. The Morgan fingerprint density at radius 1 is 1.24 bits per heavy atom. The Kier molecular flexibility index (Phi) is 4.65. The number of imidazole rings is 1. The molecule has 2 heterocycles. The van der Waals surface area contributed by atoms with Gasteiger partial charge in [0.1, 0.15) is 0 Å². The molecule has 0 amide bonds. The zero-order valence-electron chi connectivity index (χ0n) is 14.0. The lowest BCUT2D eigenvalue weighted by Crippen LogP contribution is -2.37. The molecule has 0 bridgehead atoms. The topological polar surface area (TPSA) is 99.9 Å². The molecule has 3 N–H and O–H groups in total. The van der Waals surface area contributed by atoms with Gasteiger partial charge in [-0.05, 0) is 17.7 Å². The summed E-state index contributed by atoms with van der Waals surface area (Å²) in [6.45, 7) is 1.29. The molecule has 3 rings (SSSR count). The molecule has 1 aromatic carbocycles. The lowest BCUT2D eigenvalue weighted by atomic mass is 10.2. The molecule has 0 atom stereocenters. The summed E-state index contributed by atoms with van der Waals surface area (Å²) in [5.41, 5.74) is 6.34. The van der Waals surface area contributed by atoms with E-state index in [1.54, 1.807) is 17.7 Å². The largest absolute Gasteiger partial charge is 0.354 e. The normalized spacial score (nSPS) is 11.2. The number of rotatable bonds is 5. The van der Waals surface area contributed by atoms with E-state index < -0.39 is 11.2 Å². The average molecular weight is 363 g/mol. The van der Waals surface area contributed by atoms with Crippen LogP contribution in [0, 0.1) is 0 Å². The number of anilines is 1. The van der Waals surface area contributed by atoms with Crippen molar-refractivity contribution in [2.24, 2.45) is 19.8 Å². The maximum absolute atomic E-state index is 12.7. The molecular formula is C16H19ClN6O2. The molecule has 0 aliphatic carbocycles. The van der Waals surface area contributed by atoms with E-state index in [1.165, 1.54) is 11.6 Å². The van der Waals surface area contributed by atoms with Crippen molar-refractivity contribution in [2.75, 3.05) is 18.4 Å². The first kappa shape index (κ1) is 17.2. The standard InChI is InChI=1S/C16H19ClN6O2/c1-21-13-12(14(24)22(2)16(21)25)23(15(20-13)19-7-6-18)9-10-4-3-5-11(17)8-10/h3-5,8H,6-7,9,18H2,1-2H3,(H,19,20). The lowest BCUT2D eigenvalue weighted by Gasteiger charge is -2.11. The molecule has 3 aromatic rings. The third kappa shape index (κ3) is 3.06. The highest BCUT2D eigenvalue weighted by Crippen LogP contribution is 2.19. The van der Waals surface area contributed by atoms with Gasteiger partial charge in [0, 0.05) is 32.2 Å². The van der Waals surface area contributed by atoms with Gasteiger partial charge in [0.15, 0.2) is 11.2 Å². The first-order chi connectivity index (χ1) is 11.9. The third-order valence-corrected chi connectivity index (χ3v) is 4.24. The molecule has 132 valence electrons. The Balaban J connectivity index is 2.26. The molecule has 9 heteroatoms. The third-order valence-electron chi connectivity index (χ3n) is 4.01. The Morgan fingerprint density at radius 3 is 2.68 bits per heavy atom. The summed E-state index contributed by atoms with van der Waals surface area (Å²) in [7, 11) is 3.04. The second-order valence-corrected chi connectivity index (χ2v) is 6.18. The molecule has 0 aliphatic rings. The highest BCUT2D eigenvalue weighted by Gasteiger charge is 2.19. The molecule has 25 heavy (non-hydrogen) atoms. The monoisotopic (exact) mass is 362 g/mol. The molecule has 0 spiro atoms. The van der Waals surface area contributed by atoms with E-state index in [0.29, 0.717) is 41.8 Å². The van der Waals surface area contributed by atoms with Crippen LogP contribution in [0.5, 0.6) is 0 Å². The fourth-order valence-electron chi connectivity index (χ4n) is 2.74. The van der Waals surface area contributed by atoms with E-state index >= 15 is 0 Å². The van der Waals surface area contributed by atoms with E-state index in [9.17, 15) is 9.59 Å². The van der Waals surface area contributed by atoms with Crippen molar-refractivity contribution < 1.29 is 0 Å². The zero-order chi connectivity index (χ0) is 18.1. The number of nitrogens with one attached hydrogen (secondary N) is 1.